The first kappa shape index (κ1) is 28.9. The van der Waals surface area contributed by atoms with Crippen LogP contribution in [0, 0.1) is 0 Å². The molecule has 0 aliphatic heterocycles. The molecule has 0 fully saturated rings. The zero-order valence-corrected chi connectivity index (χ0v) is 22.9. The molecule has 0 aromatic heterocycles. The molecule has 0 unspecified atom stereocenters. The van der Waals surface area contributed by atoms with E-state index in [1.54, 1.807) is 37.3 Å². The van der Waals surface area contributed by atoms with Crippen LogP contribution in [0.15, 0.2) is 42.5 Å². The summed E-state index contributed by atoms with van der Waals surface area (Å²) in [5.74, 6) is -0.853. The number of hydrogen-bond donors (Lipinski definition) is 1. The van der Waals surface area contributed by atoms with Gasteiger partial charge >= 0.3 is 0 Å². The van der Waals surface area contributed by atoms with E-state index in [1.165, 1.54) is 4.90 Å². The third-order valence-electron chi connectivity index (χ3n) is 5.66. The molecule has 1 atom stereocenters. The topological polar surface area (TPSA) is 86.8 Å². The lowest BCUT2D eigenvalue weighted by molar-refractivity contribution is -0.139. The maximum absolute atomic E-state index is 13.5. The van der Waals surface area contributed by atoms with Gasteiger partial charge in [0.25, 0.3) is 0 Å². The van der Waals surface area contributed by atoms with E-state index in [0.717, 1.165) is 35.4 Å². The van der Waals surface area contributed by atoms with Crippen molar-refractivity contribution >= 4 is 50.7 Å². The molecule has 0 saturated heterocycles. The molecular weight excluding hydrogens is 509 g/mol. The van der Waals surface area contributed by atoms with Crippen molar-refractivity contribution in [2.24, 2.45) is 0 Å². The smallest absolute Gasteiger partial charge is 0.244 e. The molecule has 2 aromatic rings. The van der Waals surface area contributed by atoms with Crippen molar-refractivity contribution in [2.75, 3.05) is 23.7 Å². The van der Waals surface area contributed by atoms with Gasteiger partial charge in [-0.1, -0.05) is 61.7 Å². The van der Waals surface area contributed by atoms with Crippen LogP contribution in [0.2, 0.25) is 10.0 Å². The summed E-state index contributed by atoms with van der Waals surface area (Å²) in [5, 5.41) is 3.63. The third kappa shape index (κ3) is 8.40. The van der Waals surface area contributed by atoms with Gasteiger partial charge in [-0.2, -0.15) is 0 Å². The Morgan fingerprint density at radius 2 is 1.71 bits per heavy atom. The fourth-order valence-corrected chi connectivity index (χ4v) is 4.78. The molecule has 1 N–H and O–H groups in total. The lowest BCUT2D eigenvalue weighted by Crippen LogP contribution is -2.51. The van der Waals surface area contributed by atoms with Gasteiger partial charge in [0.1, 0.15) is 12.6 Å². The van der Waals surface area contributed by atoms with Crippen molar-refractivity contribution in [1.29, 1.82) is 0 Å². The second kappa shape index (κ2) is 13.1. The number of carbonyl (C=O) groups excluding carboxylic acids is 2. The quantitative estimate of drug-likeness (QED) is 0.396. The maximum Gasteiger partial charge on any atom is 0.244 e. The molecule has 0 aliphatic carbocycles. The lowest BCUT2D eigenvalue weighted by atomic mass is 10.1. The van der Waals surface area contributed by atoms with Crippen molar-refractivity contribution in [3.8, 4) is 0 Å². The summed E-state index contributed by atoms with van der Waals surface area (Å²) in [5.41, 5.74) is 2.02. The predicted octanol–water partition coefficient (Wildman–Crippen LogP) is 4.66. The van der Waals surface area contributed by atoms with Crippen molar-refractivity contribution in [3.05, 3.63) is 63.6 Å². The SMILES string of the molecule is CCCCNC(=O)[C@H](C)N(Cc1ccc(Cl)cc1Cl)C(=O)CN(c1ccc(CC)cc1)S(C)(=O)=O. The van der Waals surface area contributed by atoms with Crippen LogP contribution in [0.3, 0.4) is 0 Å². The molecule has 2 amide bonds. The number of hydrogen-bond acceptors (Lipinski definition) is 4. The highest BCUT2D eigenvalue weighted by atomic mass is 35.5. The Kier molecular flexibility index (Phi) is 10.9. The number of sulfonamides is 1. The van der Waals surface area contributed by atoms with Crippen LogP contribution in [-0.4, -0.2) is 50.5 Å². The summed E-state index contributed by atoms with van der Waals surface area (Å²) in [7, 11) is -3.77. The molecule has 0 radical (unpaired) electrons. The minimum Gasteiger partial charge on any atom is -0.354 e. The number of amides is 2. The average Bonchev–Trinajstić information content (AvgIpc) is 2.81. The third-order valence-corrected chi connectivity index (χ3v) is 7.39. The molecule has 2 aromatic carbocycles. The van der Waals surface area contributed by atoms with Crippen LogP contribution in [-0.2, 0) is 32.6 Å². The van der Waals surface area contributed by atoms with E-state index in [4.69, 9.17) is 23.2 Å². The molecule has 7 nitrogen and oxygen atoms in total. The summed E-state index contributed by atoms with van der Waals surface area (Å²) in [6.07, 6.45) is 3.58. The van der Waals surface area contributed by atoms with Gasteiger partial charge in [0.2, 0.25) is 21.8 Å². The molecule has 10 heteroatoms. The molecule has 0 heterocycles. The fourth-order valence-electron chi connectivity index (χ4n) is 3.46. The Balaban J connectivity index is 2.37. The van der Waals surface area contributed by atoms with Gasteiger partial charge in [-0.3, -0.25) is 13.9 Å². The summed E-state index contributed by atoms with van der Waals surface area (Å²) in [6.45, 7) is 5.68. The first-order valence-electron chi connectivity index (χ1n) is 11.6. The summed E-state index contributed by atoms with van der Waals surface area (Å²) in [4.78, 5) is 27.7. The summed E-state index contributed by atoms with van der Waals surface area (Å²) >= 11 is 12.3. The Bertz CT molecular complexity index is 1120. The van der Waals surface area contributed by atoms with E-state index >= 15 is 0 Å². The lowest BCUT2D eigenvalue weighted by Gasteiger charge is -2.31. The zero-order chi connectivity index (χ0) is 26.2. The number of halogens is 2. The predicted molar refractivity (Wildman–Crippen MR) is 142 cm³/mol. The first-order chi connectivity index (χ1) is 16.5. The minimum absolute atomic E-state index is 0.0174. The van der Waals surface area contributed by atoms with Crippen molar-refractivity contribution < 1.29 is 18.0 Å². The molecular formula is C25H33Cl2N3O4S. The largest absolute Gasteiger partial charge is 0.354 e. The van der Waals surface area contributed by atoms with Crippen molar-refractivity contribution in [3.63, 3.8) is 0 Å². The fraction of sp³-hybridized carbons (Fsp3) is 0.440. The van der Waals surface area contributed by atoms with Crippen molar-refractivity contribution in [2.45, 2.75) is 52.6 Å². The summed E-state index contributed by atoms with van der Waals surface area (Å²) < 4.78 is 26.3. The average molecular weight is 543 g/mol. The van der Waals surface area contributed by atoms with Gasteiger partial charge in [-0.05, 0) is 55.2 Å². The number of carbonyl (C=O) groups is 2. The van der Waals surface area contributed by atoms with Crippen LogP contribution in [0.5, 0.6) is 0 Å². The second-order valence-corrected chi connectivity index (χ2v) is 11.1. The van der Waals surface area contributed by atoms with E-state index in [0.29, 0.717) is 27.8 Å². The van der Waals surface area contributed by atoms with Crippen LogP contribution in [0.1, 0.15) is 44.7 Å². The highest BCUT2D eigenvalue weighted by molar-refractivity contribution is 7.92. The van der Waals surface area contributed by atoms with Gasteiger partial charge in [-0.15, -0.1) is 0 Å². The Morgan fingerprint density at radius 3 is 2.26 bits per heavy atom. The number of nitrogens with zero attached hydrogens (tertiary/aromatic N) is 2. The van der Waals surface area contributed by atoms with Gasteiger partial charge < -0.3 is 10.2 Å². The van der Waals surface area contributed by atoms with Gasteiger partial charge in [0.05, 0.1) is 11.9 Å². The highest BCUT2D eigenvalue weighted by Crippen LogP contribution is 2.24. The van der Waals surface area contributed by atoms with E-state index in [1.807, 2.05) is 26.0 Å². The maximum atomic E-state index is 13.5. The minimum atomic E-state index is -3.77. The van der Waals surface area contributed by atoms with E-state index in [9.17, 15) is 18.0 Å². The molecule has 35 heavy (non-hydrogen) atoms. The van der Waals surface area contributed by atoms with E-state index in [2.05, 4.69) is 5.32 Å². The molecule has 0 aliphatic rings. The second-order valence-electron chi connectivity index (χ2n) is 8.37. The van der Waals surface area contributed by atoms with Crippen LogP contribution >= 0.6 is 23.2 Å². The molecule has 0 saturated carbocycles. The van der Waals surface area contributed by atoms with Gasteiger partial charge in [0, 0.05) is 23.1 Å². The number of anilines is 1. The van der Waals surface area contributed by atoms with Gasteiger partial charge in [0.15, 0.2) is 0 Å². The number of rotatable bonds is 12. The number of unbranched alkanes of at least 4 members (excludes halogenated alkanes) is 1. The Labute approximate surface area is 218 Å². The standard InChI is InChI=1S/C25H33Cl2N3O4S/c1-5-7-14-28-25(32)18(3)29(16-20-10-11-21(26)15-23(20)27)24(31)17-30(35(4,33)34)22-12-8-19(6-2)9-13-22/h8-13,15,18H,5-7,14,16-17H2,1-4H3,(H,28,32)/t18-/m0/s1. The highest BCUT2D eigenvalue weighted by Gasteiger charge is 2.30. The van der Waals surface area contributed by atoms with Gasteiger partial charge in [-0.25, -0.2) is 8.42 Å². The molecule has 2 rings (SSSR count). The summed E-state index contributed by atoms with van der Waals surface area (Å²) in [6, 6.07) is 11.0. The number of nitrogens with one attached hydrogen (secondary N) is 1. The molecule has 0 spiro atoms. The Hall–Kier alpha value is -2.29. The monoisotopic (exact) mass is 541 g/mol. The van der Waals surface area contributed by atoms with Crippen LogP contribution in [0.25, 0.3) is 0 Å². The first-order valence-corrected chi connectivity index (χ1v) is 14.2. The normalized spacial score (nSPS) is 12.2. The zero-order valence-electron chi connectivity index (χ0n) is 20.6. The van der Waals surface area contributed by atoms with E-state index in [-0.39, 0.29) is 12.5 Å². The molecule has 0 bridgehead atoms. The van der Waals surface area contributed by atoms with Crippen LogP contribution in [0.4, 0.5) is 5.69 Å². The van der Waals surface area contributed by atoms with Crippen molar-refractivity contribution in [1.82, 2.24) is 10.2 Å². The Morgan fingerprint density at radius 1 is 1.06 bits per heavy atom. The number of aryl methyl sites for hydroxylation is 1. The van der Waals surface area contributed by atoms with Crippen LogP contribution < -0.4 is 9.62 Å². The van der Waals surface area contributed by atoms with E-state index < -0.39 is 28.5 Å². The molecule has 192 valence electrons. The number of benzene rings is 2.